The average molecular weight is 299 g/mol. The summed E-state index contributed by atoms with van der Waals surface area (Å²) in [4.78, 5) is 4.19. The number of ether oxygens (including phenoxy) is 1. The fourth-order valence-electron chi connectivity index (χ4n) is 1.38. The van der Waals surface area contributed by atoms with Crippen LogP contribution in [0.1, 0.15) is 0 Å². The second kappa shape index (κ2) is 4.85. The Hall–Kier alpha value is -1.06. The third kappa shape index (κ3) is 2.36. The molecule has 0 fully saturated rings. The van der Waals surface area contributed by atoms with Crippen LogP contribution in [0, 0.1) is 0 Å². The van der Waals surface area contributed by atoms with Crippen molar-refractivity contribution in [1.29, 1.82) is 0 Å². The SMILES string of the molecule is COc1ncc(-c2ccc(Cl)cc2)cc1Br. The number of hydrogen-bond acceptors (Lipinski definition) is 2. The first-order valence-electron chi connectivity index (χ1n) is 4.66. The van der Waals surface area contributed by atoms with Crippen LogP contribution in [0.5, 0.6) is 5.88 Å². The number of halogens is 2. The van der Waals surface area contributed by atoms with E-state index in [0.717, 1.165) is 20.6 Å². The number of rotatable bonds is 2. The van der Waals surface area contributed by atoms with Gasteiger partial charge in [0.1, 0.15) is 0 Å². The Morgan fingerprint density at radius 3 is 2.44 bits per heavy atom. The highest BCUT2D eigenvalue weighted by molar-refractivity contribution is 9.10. The zero-order valence-corrected chi connectivity index (χ0v) is 10.9. The summed E-state index contributed by atoms with van der Waals surface area (Å²) in [7, 11) is 1.59. The fourth-order valence-corrected chi connectivity index (χ4v) is 2.01. The van der Waals surface area contributed by atoms with Gasteiger partial charge in [0, 0.05) is 16.8 Å². The van der Waals surface area contributed by atoms with E-state index >= 15 is 0 Å². The lowest BCUT2D eigenvalue weighted by Crippen LogP contribution is -1.89. The van der Waals surface area contributed by atoms with Crippen molar-refractivity contribution in [1.82, 2.24) is 4.98 Å². The molecule has 0 spiro atoms. The summed E-state index contributed by atoms with van der Waals surface area (Å²) >= 11 is 9.24. The summed E-state index contributed by atoms with van der Waals surface area (Å²) in [6, 6.07) is 9.59. The van der Waals surface area contributed by atoms with Crippen LogP contribution in [0.4, 0.5) is 0 Å². The van der Waals surface area contributed by atoms with E-state index in [1.165, 1.54) is 0 Å². The maximum Gasteiger partial charge on any atom is 0.227 e. The van der Waals surface area contributed by atoms with Crippen molar-refractivity contribution in [2.45, 2.75) is 0 Å². The Morgan fingerprint density at radius 2 is 1.88 bits per heavy atom. The van der Waals surface area contributed by atoms with Crippen molar-refractivity contribution in [3.63, 3.8) is 0 Å². The highest BCUT2D eigenvalue weighted by atomic mass is 79.9. The molecule has 2 aromatic rings. The third-order valence-electron chi connectivity index (χ3n) is 2.18. The summed E-state index contributed by atoms with van der Waals surface area (Å²) in [6.07, 6.45) is 1.77. The molecule has 1 aromatic heterocycles. The largest absolute Gasteiger partial charge is 0.480 e. The molecular formula is C12H9BrClNO. The van der Waals surface area contributed by atoms with Crippen LogP contribution in [-0.4, -0.2) is 12.1 Å². The van der Waals surface area contributed by atoms with Gasteiger partial charge in [0.2, 0.25) is 5.88 Å². The van der Waals surface area contributed by atoms with Gasteiger partial charge in [-0.15, -0.1) is 0 Å². The van der Waals surface area contributed by atoms with Crippen LogP contribution >= 0.6 is 27.5 Å². The zero-order valence-electron chi connectivity index (χ0n) is 8.58. The van der Waals surface area contributed by atoms with Gasteiger partial charge in [0.25, 0.3) is 0 Å². The number of methoxy groups -OCH3 is 1. The van der Waals surface area contributed by atoms with E-state index < -0.39 is 0 Å². The lowest BCUT2D eigenvalue weighted by molar-refractivity contribution is 0.395. The molecule has 4 heteroatoms. The molecular weight excluding hydrogens is 289 g/mol. The minimum atomic E-state index is 0.581. The first kappa shape index (κ1) is 11.4. The first-order valence-corrected chi connectivity index (χ1v) is 5.83. The van der Waals surface area contributed by atoms with Crippen molar-refractivity contribution < 1.29 is 4.74 Å². The molecule has 1 aromatic carbocycles. The van der Waals surface area contributed by atoms with E-state index in [2.05, 4.69) is 20.9 Å². The van der Waals surface area contributed by atoms with Gasteiger partial charge in [-0.1, -0.05) is 23.7 Å². The van der Waals surface area contributed by atoms with Crippen molar-refractivity contribution >= 4 is 27.5 Å². The van der Waals surface area contributed by atoms with Crippen molar-refractivity contribution in [3.8, 4) is 17.0 Å². The van der Waals surface area contributed by atoms with Crippen LogP contribution in [-0.2, 0) is 0 Å². The molecule has 0 radical (unpaired) electrons. The van der Waals surface area contributed by atoms with Crippen molar-refractivity contribution in [2.75, 3.05) is 7.11 Å². The molecule has 0 saturated carbocycles. The molecule has 0 saturated heterocycles. The summed E-state index contributed by atoms with van der Waals surface area (Å²) in [5, 5.41) is 0.726. The summed E-state index contributed by atoms with van der Waals surface area (Å²) in [5.41, 5.74) is 2.09. The number of aromatic nitrogens is 1. The van der Waals surface area contributed by atoms with Gasteiger partial charge in [-0.2, -0.15) is 0 Å². The standard InChI is InChI=1S/C12H9BrClNO/c1-16-12-11(13)6-9(7-15-12)8-2-4-10(14)5-3-8/h2-7H,1H3. The lowest BCUT2D eigenvalue weighted by Gasteiger charge is -2.05. The van der Waals surface area contributed by atoms with Gasteiger partial charge in [-0.3, -0.25) is 0 Å². The van der Waals surface area contributed by atoms with E-state index in [-0.39, 0.29) is 0 Å². The Kier molecular flexibility index (Phi) is 3.46. The Morgan fingerprint density at radius 1 is 1.19 bits per heavy atom. The van der Waals surface area contributed by atoms with E-state index in [1.54, 1.807) is 13.3 Å². The average Bonchev–Trinajstić information content (AvgIpc) is 2.30. The Labute approximate surface area is 107 Å². The molecule has 2 rings (SSSR count). The van der Waals surface area contributed by atoms with Gasteiger partial charge in [-0.25, -0.2) is 4.98 Å². The van der Waals surface area contributed by atoms with E-state index in [4.69, 9.17) is 16.3 Å². The van der Waals surface area contributed by atoms with Gasteiger partial charge in [0.15, 0.2) is 0 Å². The van der Waals surface area contributed by atoms with Crippen molar-refractivity contribution in [2.24, 2.45) is 0 Å². The number of hydrogen-bond donors (Lipinski definition) is 0. The molecule has 0 atom stereocenters. The zero-order chi connectivity index (χ0) is 11.5. The number of nitrogens with zero attached hydrogens (tertiary/aromatic N) is 1. The monoisotopic (exact) mass is 297 g/mol. The van der Waals surface area contributed by atoms with Gasteiger partial charge < -0.3 is 4.74 Å². The lowest BCUT2D eigenvalue weighted by atomic mass is 10.1. The molecule has 0 aliphatic rings. The third-order valence-corrected chi connectivity index (χ3v) is 3.00. The maximum absolute atomic E-state index is 5.83. The minimum Gasteiger partial charge on any atom is -0.480 e. The molecule has 0 unspecified atom stereocenters. The smallest absolute Gasteiger partial charge is 0.227 e. The quantitative estimate of drug-likeness (QED) is 0.830. The number of benzene rings is 1. The molecule has 82 valence electrons. The first-order chi connectivity index (χ1) is 7.70. The minimum absolute atomic E-state index is 0.581. The number of pyridine rings is 1. The molecule has 16 heavy (non-hydrogen) atoms. The van der Waals surface area contributed by atoms with E-state index in [0.29, 0.717) is 5.88 Å². The topological polar surface area (TPSA) is 22.1 Å². The van der Waals surface area contributed by atoms with Crippen LogP contribution < -0.4 is 4.74 Å². The Bertz CT molecular complexity index is 499. The molecule has 0 amide bonds. The molecule has 1 heterocycles. The summed E-state index contributed by atoms with van der Waals surface area (Å²) in [5.74, 6) is 0.581. The van der Waals surface area contributed by atoms with Crippen molar-refractivity contribution in [3.05, 3.63) is 46.0 Å². The van der Waals surface area contributed by atoms with Gasteiger partial charge >= 0.3 is 0 Å². The maximum atomic E-state index is 5.83. The van der Waals surface area contributed by atoms with Crippen LogP contribution in [0.25, 0.3) is 11.1 Å². The van der Waals surface area contributed by atoms with Crippen LogP contribution in [0.2, 0.25) is 5.02 Å². The Balaban J connectivity index is 2.41. The second-order valence-electron chi connectivity index (χ2n) is 3.22. The van der Waals surface area contributed by atoms with E-state index in [9.17, 15) is 0 Å². The van der Waals surface area contributed by atoms with Crippen LogP contribution in [0.15, 0.2) is 41.0 Å². The highest BCUT2D eigenvalue weighted by Gasteiger charge is 2.04. The summed E-state index contributed by atoms with van der Waals surface area (Å²) < 4.78 is 5.91. The molecule has 0 aliphatic carbocycles. The molecule has 0 bridgehead atoms. The highest BCUT2D eigenvalue weighted by Crippen LogP contribution is 2.28. The second-order valence-corrected chi connectivity index (χ2v) is 4.51. The van der Waals surface area contributed by atoms with Gasteiger partial charge in [0.05, 0.1) is 11.6 Å². The predicted octanol–water partition coefficient (Wildman–Crippen LogP) is 4.17. The molecule has 0 aliphatic heterocycles. The van der Waals surface area contributed by atoms with E-state index in [1.807, 2.05) is 30.3 Å². The normalized spacial score (nSPS) is 10.2. The fraction of sp³-hybridized carbons (Fsp3) is 0.0833. The molecule has 0 N–H and O–H groups in total. The predicted molar refractivity (Wildman–Crippen MR) is 68.9 cm³/mol. The van der Waals surface area contributed by atoms with Gasteiger partial charge in [-0.05, 0) is 39.7 Å². The summed E-state index contributed by atoms with van der Waals surface area (Å²) in [6.45, 7) is 0. The molecule has 2 nitrogen and oxygen atoms in total. The van der Waals surface area contributed by atoms with Crippen LogP contribution in [0.3, 0.4) is 0 Å².